The fourth-order valence-corrected chi connectivity index (χ4v) is 3.31. The number of aromatic nitrogens is 3. The first-order chi connectivity index (χ1) is 12.8. The zero-order valence-corrected chi connectivity index (χ0v) is 15.9. The van der Waals surface area contributed by atoms with E-state index in [2.05, 4.69) is 51.5 Å². The van der Waals surface area contributed by atoms with E-state index in [1.165, 1.54) is 10.5 Å². The third-order valence-corrected chi connectivity index (χ3v) is 4.86. The van der Waals surface area contributed by atoms with Crippen LogP contribution in [0.2, 0.25) is 0 Å². The van der Waals surface area contributed by atoms with Crippen LogP contribution in [-0.4, -0.2) is 15.1 Å². The third kappa shape index (κ3) is 4.67. The van der Waals surface area contributed by atoms with E-state index < -0.39 is 0 Å². The molecule has 2 aromatic carbocycles. The Morgan fingerprint density at radius 2 is 1.63 bits per heavy atom. The van der Waals surface area contributed by atoms with Crippen LogP contribution in [0.5, 0.6) is 0 Å². The lowest BCUT2D eigenvalue weighted by Gasteiger charge is -2.02. The van der Waals surface area contributed by atoms with E-state index in [1.54, 1.807) is 30.0 Å². The molecule has 27 heavy (non-hydrogen) atoms. The van der Waals surface area contributed by atoms with Gasteiger partial charge in [-0.1, -0.05) is 41.6 Å². The van der Waals surface area contributed by atoms with Crippen molar-refractivity contribution in [2.45, 2.75) is 10.6 Å². The predicted octanol–water partition coefficient (Wildman–Crippen LogP) is 5.09. The first-order valence-electron chi connectivity index (χ1n) is 8.12. The number of hydrogen-bond donors (Lipinski definition) is 1. The van der Waals surface area contributed by atoms with Gasteiger partial charge in [0.2, 0.25) is 5.82 Å². The number of nitrogens with zero attached hydrogens (tertiary/aromatic N) is 3. The van der Waals surface area contributed by atoms with Crippen LogP contribution >= 0.6 is 24.2 Å². The first-order valence-corrected chi connectivity index (χ1v) is 9.10. The largest absolute Gasteiger partial charge is 0.384 e. The Kier molecular flexibility index (Phi) is 6.11. The van der Waals surface area contributed by atoms with Gasteiger partial charge in [-0.05, 0) is 42.0 Å². The Bertz CT molecular complexity index is 1010. The van der Waals surface area contributed by atoms with Gasteiger partial charge in [0.15, 0.2) is 0 Å². The molecule has 2 heterocycles. The van der Waals surface area contributed by atoms with Gasteiger partial charge < -0.3 is 10.3 Å². The summed E-state index contributed by atoms with van der Waals surface area (Å²) < 4.78 is 5.31. The molecule has 0 amide bonds. The van der Waals surface area contributed by atoms with Crippen molar-refractivity contribution in [3.63, 3.8) is 0 Å². The highest BCUT2D eigenvalue weighted by Crippen LogP contribution is 2.26. The molecule has 2 aromatic heterocycles. The zero-order chi connectivity index (χ0) is 17.8. The van der Waals surface area contributed by atoms with E-state index in [0.29, 0.717) is 23.2 Å². The summed E-state index contributed by atoms with van der Waals surface area (Å²) in [5, 5.41) is 4.04. The Morgan fingerprint density at radius 3 is 2.37 bits per heavy atom. The van der Waals surface area contributed by atoms with Gasteiger partial charge in [0, 0.05) is 16.2 Å². The molecule has 4 aromatic rings. The van der Waals surface area contributed by atoms with Crippen LogP contribution in [-0.2, 0) is 5.75 Å². The molecule has 0 aliphatic carbocycles. The van der Waals surface area contributed by atoms with E-state index in [1.807, 2.05) is 18.2 Å². The number of nitrogens with two attached hydrogens (primary N) is 1. The van der Waals surface area contributed by atoms with Gasteiger partial charge in [-0.2, -0.15) is 4.98 Å². The van der Waals surface area contributed by atoms with Crippen molar-refractivity contribution in [2.75, 3.05) is 5.73 Å². The number of anilines is 1. The van der Waals surface area contributed by atoms with Crippen molar-refractivity contribution < 1.29 is 4.52 Å². The second-order valence-electron chi connectivity index (χ2n) is 5.67. The Balaban J connectivity index is 0.00000210. The number of hydrogen-bond acceptors (Lipinski definition) is 6. The summed E-state index contributed by atoms with van der Waals surface area (Å²) in [5.74, 6) is 2.24. The van der Waals surface area contributed by atoms with Gasteiger partial charge in [0.05, 0.1) is 0 Å². The zero-order valence-electron chi connectivity index (χ0n) is 14.3. The molecule has 7 heteroatoms. The molecule has 0 aliphatic heterocycles. The van der Waals surface area contributed by atoms with Crippen LogP contribution in [0.15, 0.2) is 82.2 Å². The Hall–Kier alpha value is -2.83. The lowest BCUT2D eigenvalue weighted by Crippen LogP contribution is -1.91. The standard InChI is InChI=1S/C20H16N4OS.ClH/c21-18-8-4-7-17(22-18)20-23-19(24-25-20)15-9-11-16(12-10-15)26-13-14-5-2-1-3-6-14;/h1-12H,13H2,(H2,21,22);1H. The van der Waals surface area contributed by atoms with Crippen LogP contribution in [0.1, 0.15) is 5.56 Å². The maximum atomic E-state index is 5.70. The van der Waals surface area contributed by atoms with Gasteiger partial charge in [-0.25, -0.2) is 4.98 Å². The van der Waals surface area contributed by atoms with Crippen molar-refractivity contribution in [3.05, 3.63) is 78.4 Å². The molecule has 0 fully saturated rings. The lowest BCUT2D eigenvalue weighted by molar-refractivity contribution is 0.431. The predicted molar refractivity (Wildman–Crippen MR) is 111 cm³/mol. The molecule has 0 aliphatic rings. The van der Waals surface area contributed by atoms with Gasteiger partial charge >= 0.3 is 0 Å². The minimum absolute atomic E-state index is 0. The number of rotatable bonds is 5. The van der Waals surface area contributed by atoms with Crippen molar-refractivity contribution in [1.82, 2.24) is 15.1 Å². The highest BCUT2D eigenvalue weighted by molar-refractivity contribution is 7.98. The summed E-state index contributed by atoms with van der Waals surface area (Å²) in [6, 6.07) is 23.8. The molecular formula is C20H17ClN4OS. The average molecular weight is 397 g/mol. The highest BCUT2D eigenvalue weighted by Gasteiger charge is 2.12. The van der Waals surface area contributed by atoms with Gasteiger partial charge in [-0.15, -0.1) is 24.2 Å². The molecule has 136 valence electrons. The van der Waals surface area contributed by atoms with E-state index in [9.17, 15) is 0 Å². The molecule has 0 spiro atoms. The smallest absolute Gasteiger partial charge is 0.276 e. The molecule has 4 rings (SSSR count). The minimum Gasteiger partial charge on any atom is -0.384 e. The molecule has 0 bridgehead atoms. The fraction of sp³-hybridized carbons (Fsp3) is 0.0500. The van der Waals surface area contributed by atoms with E-state index in [4.69, 9.17) is 10.3 Å². The fourth-order valence-electron chi connectivity index (χ4n) is 2.46. The van der Waals surface area contributed by atoms with Crippen molar-refractivity contribution in [1.29, 1.82) is 0 Å². The molecule has 0 unspecified atom stereocenters. The van der Waals surface area contributed by atoms with Gasteiger partial charge in [0.1, 0.15) is 11.5 Å². The monoisotopic (exact) mass is 396 g/mol. The number of nitrogen functional groups attached to an aromatic ring is 1. The number of pyridine rings is 1. The van der Waals surface area contributed by atoms with Gasteiger partial charge in [-0.3, -0.25) is 0 Å². The summed E-state index contributed by atoms with van der Waals surface area (Å²) in [7, 11) is 0. The lowest BCUT2D eigenvalue weighted by atomic mass is 10.2. The first kappa shape index (κ1) is 18.9. The maximum absolute atomic E-state index is 5.70. The number of halogens is 1. The van der Waals surface area contributed by atoms with Crippen molar-refractivity contribution in [3.8, 4) is 23.0 Å². The van der Waals surface area contributed by atoms with E-state index in [-0.39, 0.29) is 12.4 Å². The maximum Gasteiger partial charge on any atom is 0.276 e. The molecule has 0 saturated carbocycles. The second kappa shape index (κ2) is 8.70. The van der Waals surface area contributed by atoms with Gasteiger partial charge in [0.25, 0.3) is 5.89 Å². The molecule has 0 saturated heterocycles. The molecular weight excluding hydrogens is 380 g/mol. The Labute approximate surface area is 167 Å². The summed E-state index contributed by atoms with van der Waals surface area (Å²) in [4.78, 5) is 9.80. The molecule has 0 atom stereocenters. The highest BCUT2D eigenvalue weighted by atomic mass is 35.5. The number of benzene rings is 2. The van der Waals surface area contributed by atoms with Crippen LogP contribution in [0.4, 0.5) is 5.82 Å². The second-order valence-corrected chi connectivity index (χ2v) is 6.72. The minimum atomic E-state index is 0. The van der Waals surface area contributed by atoms with Crippen LogP contribution in [0, 0.1) is 0 Å². The van der Waals surface area contributed by atoms with Crippen LogP contribution < -0.4 is 5.73 Å². The van der Waals surface area contributed by atoms with Crippen LogP contribution in [0.25, 0.3) is 23.0 Å². The van der Waals surface area contributed by atoms with Crippen molar-refractivity contribution >= 4 is 30.0 Å². The summed E-state index contributed by atoms with van der Waals surface area (Å²) in [6.07, 6.45) is 0. The number of thioether (sulfide) groups is 1. The quantitative estimate of drug-likeness (QED) is 0.473. The third-order valence-electron chi connectivity index (χ3n) is 3.78. The van der Waals surface area contributed by atoms with Crippen molar-refractivity contribution in [2.24, 2.45) is 0 Å². The molecule has 2 N–H and O–H groups in total. The summed E-state index contributed by atoms with van der Waals surface area (Å²) >= 11 is 1.79. The van der Waals surface area contributed by atoms with E-state index in [0.717, 1.165) is 11.3 Å². The van der Waals surface area contributed by atoms with Crippen LogP contribution in [0.3, 0.4) is 0 Å². The average Bonchev–Trinajstić information content (AvgIpc) is 3.18. The molecule has 5 nitrogen and oxygen atoms in total. The summed E-state index contributed by atoms with van der Waals surface area (Å²) in [5.41, 5.74) is 8.47. The van der Waals surface area contributed by atoms with E-state index >= 15 is 0 Å². The summed E-state index contributed by atoms with van der Waals surface area (Å²) in [6.45, 7) is 0. The molecule has 0 radical (unpaired) electrons. The normalized spacial score (nSPS) is 10.4. The Morgan fingerprint density at radius 1 is 0.852 bits per heavy atom. The topological polar surface area (TPSA) is 77.8 Å². The SMILES string of the molecule is Cl.Nc1cccc(-c2nc(-c3ccc(SCc4ccccc4)cc3)no2)n1.